The summed E-state index contributed by atoms with van der Waals surface area (Å²) in [4.78, 5) is 22.7. The minimum Gasteiger partial charge on any atom is -0.422 e. The Hall–Kier alpha value is -2.95. The number of hydrogen-bond acceptors (Lipinski definition) is 4. The zero-order valence-electron chi connectivity index (χ0n) is 12.8. The molecule has 5 heteroatoms. The minimum absolute atomic E-state index is 0.0148. The van der Waals surface area contributed by atoms with Crippen molar-refractivity contribution in [3.05, 3.63) is 85.3 Å². The number of hydrogen-bond donors (Lipinski definition) is 0. The number of nitro groups is 1. The van der Waals surface area contributed by atoms with Gasteiger partial charge in [0.15, 0.2) is 0 Å². The number of non-ortho nitro benzene ring substituents is 1. The molecular formula is C18H15NO4. The molecule has 0 radical (unpaired) electrons. The standard InChI is InChI=1S/C18H15NO4/c1-11-6-7-15-12(2)16(18(20)23-17(15)8-11)10-13-4-3-5-14(9-13)19(21)22/h3-9H,10H2,1-2H3. The number of benzene rings is 2. The summed E-state index contributed by atoms with van der Waals surface area (Å²) in [5.74, 6) is 0. The molecule has 2 aromatic carbocycles. The Balaban J connectivity index is 2.10. The lowest BCUT2D eigenvalue weighted by atomic mass is 9.99. The van der Waals surface area contributed by atoms with E-state index in [0.29, 0.717) is 23.1 Å². The maximum absolute atomic E-state index is 12.3. The van der Waals surface area contributed by atoms with E-state index in [-0.39, 0.29) is 5.69 Å². The Morgan fingerprint density at radius 2 is 1.91 bits per heavy atom. The Bertz CT molecular complexity index is 972. The molecule has 0 aliphatic carbocycles. The van der Waals surface area contributed by atoms with E-state index < -0.39 is 10.5 Å². The predicted molar refractivity (Wildman–Crippen MR) is 87.9 cm³/mol. The van der Waals surface area contributed by atoms with E-state index in [2.05, 4.69) is 0 Å². The van der Waals surface area contributed by atoms with Crippen LogP contribution in [0.2, 0.25) is 0 Å². The summed E-state index contributed by atoms with van der Waals surface area (Å²) >= 11 is 0. The second-order valence-electron chi connectivity index (χ2n) is 5.60. The van der Waals surface area contributed by atoms with Crippen molar-refractivity contribution < 1.29 is 9.34 Å². The van der Waals surface area contributed by atoms with E-state index in [9.17, 15) is 14.9 Å². The molecule has 0 amide bonds. The first-order valence-electron chi connectivity index (χ1n) is 7.22. The van der Waals surface area contributed by atoms with Crippen LogP contribution in [-0.4, -0.2) is 4.92 Å². The monoisotopic (exact) mass is 309 g/mol. The third kappa shape index (κ3) is 2.85. The van der Waals surface area contributed by atoms with Gasteiger partial charge in [-0.15, -0.1) is 0 Å². The van der Waals surface area contributed by atoms with Crippen LogP contribution in [0.1, 0.15) is 22.3 Å². The minimum atomic E-state index is -0.442. The van der Waals surface area contributed by atoms with Crippen LogP contribution >= 0.6 is 0 Å². The lowest BCUT2D eigenvalue weighted by Crippen LogP contribution is -2.11. The smallest absolute Gasteiger partial charge is 0.340 e. The molecule has 3 rings (SSSR count). The van der Waals surface area contributed by atoms with Crippen molar-refractivity contribution in [2.24, 2.45) is 0 Å². The van der Waals surface area contributed by atoms with Crippen LogP contribution in [0.25, 0.3) is 11.0 Å². The zero-order chi connectivity index (χ0) is 16.6. The molecule has 3 aromatic rings. The molecule has 0 saturated heterocycles. The van der Waals surface area contributed by atoms with Crippen LogP contribution < -0.4 is 5.63 Å². The number of nitrogens with zero attached hydrogens (tertiary/aromatic N) is 1. The van der Waals surface area contributed by atoms with Gasteiger partial charge in [-0.25, -0.2) is 4.79 Å². The average Bonchev–Trinajstić information content (AvgIpc) is 2.51. The summed E-state index contributed by atoms with van der Waals surface area (Å²) in [5.41, 5.74) is 3.29. The summed E-state index contributed by atoms with van der Waals surface area (Å²) in [5, 5.41) is 11.8. The van der Waals surface area contributed by atoms with Gasteiger partial charge in [0.2, 0.25) is 0 Å². The molecule has 0 spiro atoms. The molecule has 0 aliphatic heterocycles. The number of rotatable bonds is 3. The molecule has 0 N–H and O–H groups in total. The molecule has 116 valence electrons. The van der Waals surface area contributed by atoms with E-state index in [4.69, 9.17) is 4.42 Å². The van der Waals surface area contributed by atoms with Gasteiger partial charge < -0.3 is 4.42 Å². The molecule has 0 fully saturated rings. The average molecular weight is 309 g/mol. The first kappa shape index (κ1) is 15.0. The predicted octanol–water partition coefficient (Wildman–Crippen LogP) is 3.91. The molecule has 5 nitrogen and oxygen atoms in total. The van der Waals surface area contributed by atoms with Crippen molar-refractivity contribution in [1.29, 1.82) is 0 Å². The second kappa shape index (κ2) is 5.68. The summed E-state index contributed by atoms with van der Waals surface area (Å²) < 4.78 is 5.41. The van der Waals surface area contributed by atoms with Crippen molar-refractivity contribution in [1.82, 2.24) is 0 Å². The van der Waals surface area contributed by atoms with Crippen LogP contribution in [0.4, 0.5) is 5.69 Å². The third-order valence-electron chi connectivity index (χ3n) is 3.95. The van der Waals surface area contributed by atoms with Crippen LogP contribution in [-0.2, 0) is 6.42 Å². The SMILES string of the molecule is Cc1ccc2c(C)c(Cc3cccc([N+](=O)[O-])c3)c(=O)oc2c1. The van der Waals surface area contributed by atoms with Gasteiger partial charge in [-0.3, -0.25) is 10.1 Å². The fraction of sp³-hybridized carbons (Fsp3) is 0.167. The van der Waals surface area contributed by atoms with Crippen molar-refractivity contribution in [2.75, 3.05) is 0 Å². The molecule has 0 aliphatic rings. The van der Waals surface area contributed by atoms with Crippen LogP contribution in [0.3, 0.4) is 0 Å². The van der Waals surface area contributed by atoms with Crippen molar-refractivity contribution in [2.45, 2.75) is 20.3 Å². The van der Waals surface area contributed by atoms with E-state index in [1.165, 1.54) is 12.1 Å². The number of aryl methyl sites for hydroxylation is 2. The maximum atomic E-state index is 12.3. The highest BCUT2D eigenvalue weighted by atomic mass is 16.6. The van der Waals surface area contributed by atoms with Crippen molar-refractivity contribution >= 4 is 16.7 Å². The maximum Gasteiger partial charge on any atom is 0.340 e. The summed E-state index contributed by atoms with van der Waals surface area (Å²) in [6.07, 6.45) is 0.305. The largest absolute Gasteiger partial charge is 0.422 e. The number of fused-ring (bicyclic) bond motifs is 1. The molecule has 23 heavy (non-hydrogen) atoms. The van der Waals surface area contributed by atoms with Gasteiger partial charge >= 0.3 is 5.63 Å². The Labute approximate surface area is 132 Å². The highest BCUT2D eigenvalue weighted by Crippen LogP contribution is 2.23. The molecule has 0 bridgehead atoms. The quantitative estimate of drug-likeness (QED) is 0.418. The Morgan fingerprint density at radius 1 is 1.13 bits per heavy atom. The van der Waals surface area contributed by atoms with Crippen LogP contribution in [0.5, 0.6) is 0 Å². The summed E-state index contributed by atoms with van der Waals surface area (Å²) in [6.45, 7) is 3.81. The normalized spacial score (nSPS) is 10.9. The molecular weight excluding hydrogens is 294 g/mol. The summed E-state index contributed by atoms with van der Waals surface area (Å²) in [7, 11) is 0. The van der Waals surface area contributed by atoms with E-state index in [1.807, 2.05) is 32.0 Å². The van der Waals surface area contributed by atoms with Gasteiger partial charge in [-0.2, -0.15) is 0 Å². The van der Waals surface area contributed by atoms with E-state index in [0.717, 1.165) is 16.5 Å². The fourth-order valence-electron chi connectivity index (χ4n) is 2.69. The van der Waals surface area contributed by atoms with Gasteiger partial charge in [0.1, 0.15) is 5.58 Å². The molecule has 0 unspecified atom stereocenters. The highest BCUT2D eigenvalue weighted by molar-refractivity contribution is 5.81. The Morgan fingerprint density at radius 3 is 2.65 bits per heavy atom. The number of nitro benzene ring substituents is 1. The zero-order valence-corrected chi connectivity index (χ0v) is 12.8. The van der Waals surface area contributed by atoms with Crippen molar-refractivity contribution in [3.63, 3.8) is 0 Å². The lowest BCUT2D eigenvalue weighted by Gasteiger charge is -2.08. The Kier molecular flexibility index (Phi) is 3.70. The molecule has 0 atom stereocenters. The van der Waals surface area contributed by atoms with Gasteiger partial charge in [-0.05, 0) is 36.6 Å². The molecule has 1 aromatic heterocycles. The van der Waals surface area contributed by atoms with Gasteiger partial charge in [0.25, 0.3) is 5.69 Å². The van der Waals surface area contributed by atoms with Gasteiger partial charge in [0, 0.05) is 29.5 Å². The fourth-order valence-corrected chi connectivity index (χ4v) is 2.69. The first-order chi connectivity index (χ1) is 11.0. The van der Waals surface area contributed by atoms with E-state index in [1.54, 1.807) is 12.1 Å². The first-order valence-corrected chi connectivity index (χ1v) is 7.22. The van der Waals surface area contributed by atoms with E-state index >= 15 is 0 Å². The van der Waals surface area contributed by atoms with Crippen LogP contribution in [0, 0.1) is 24.0 Å². The van der Waals surface area contributed by atoms with Gasteiger partial charge in [-0.1, -0.05) is 24.3 Å². The molecule has 0 saturated carbocycles. The summed E-state index contributed by atoms with van der Waals surface area (Å²) in [6, 6.07) is 12.0. The topological polar surface area (TPSA) is 73.3 Å². The van der Waals surface area contributed by atoms with Crippen LogP contribution in [0.15, 0.2) is 51.7 Å². The molecule has 1 heterocycles. The lowest BCUT2D eigenvalue weighted by molar-refractivity contribution is -0.384. The van der Waals surface area contributed by atoms with Gasteiger partial charge in [0.05, 0.1) is 4.92 Å². The highest BCUT2D eigenvalue weighted by Gasteiger charge is 2.13. The van der Waals surface area contributed by atoms with Crippen molar-refractivity contribution in [3.8, 4) is 0 Å². The third-order valence-corrected chi connectivity index (χ3v) is 3.95. The second-order valence-corrected chi connectivity index (χ2v) is 5.60.